The summed E-state index contributed by atoms with van der Waals surface area (Å²) in [5, 5.41) is 19.6. The van der Waals surface area contributed by atoms with Gasteiger partial charge in [0.1, 0.15) is 13.2 Å². The first-order valence-corrected chi connectivity index (χ1v) is 8.72. The van der Waals surface area contributed by atoms with E-state index in [4.69, 9.17) is 9.47 Å². The van der Waals surface area contributed by atoms with Gasteiger partial charge in [-0.25, -0.2) is 19.2 Å². The molecule has 0 saturated heterocycles. The van der Waals surface area contributed by atoms with Gasteiger partial charge in [-0.2, -0.15) is 0 Å². The summed E-state index contributed by atoms with van der Waals surface area (Å²) in [5.74, 6) is -5.22. The lowest BCUT2D eigenvalue weighted by molar-refractivity contribution is 0.0523. The summed E-state index contributed by atoms with van der Waals surface area (Å²) in [5.41, 5.74) is -2.50. The highest BCUT2D eigenvalue weighted by Gasteiger charge is 2.35. The van der Waals surface area contributed by atoms with Crippen molar-refractivity contribution in [2.45, 2.75) is 12.8 Å². The molecule has 1 aromatic rings. The maximum absolute atomic E-state index is 12.7. The van der Waals surface area contributed by atoms with Crippen LogP contribution in [0.2, 0.25) is 0 Å². The predicted octanol–water partition coefficient (Wildman–Crippen LogP) is 3.23. The van der Waals surface area contributed by atoms with Crippen LogP contribution in [0.5, 0.6) is 0 Å². The maximum Gasteiger partial charge on any atom is 0.339 e. The number of ether oxygens (including phenoxy) is 2. The van der Waals surface area contributed by atoms with Gasteiger partial charge in [0.15, 0.2) is 0 Å². The van der Waals surface area contributed by atoms with Crippen molar-refractivity contribution in [3.8, 4) is 0 Å². The van der Waals surface area contributed by atoms with Gasteiger partial charge in [-0.3, -0.25) is 0 Å². The topological polar surface area (TPSA) is 127 Å². The molecule has 2 N–H and O–H groups in total. The van der Waals surface area contributed by atoms with Crippen LogP contribution in [0.1, 0.15) is 52.6 Å². The van der Waals surface area contributed by atoms with E-state index in [1.165, 1.54) is 24.3 Å². The molecule has 0 fully saturated rings. The molecule has 0 aliphatic carbocycles. The van der Waals surface area contributed by atoms with Gasteiger partial charge >= 0.3 is 23.9 Å². The van der Waals surface area contributed by atoms with Crippen molar-refractivity contribution in [2.75, 3.05) is 13.2 Å². The van der Waals surface area contributed by atoms with Gasteiger partial charge in [0, 0.05) is 0 Å². The summed E-state index contributed by atoms with van der Waals surface area (Å²) in [7, 11) is 0. The molecular weight excluding hydrogens is 392 g/mol. The van der Waals surface area contributed by atoms with Gasteiger partial charge in [0.05, 0.1) is 22.3 Å². The molecule has 0 radical (unpaired) electrons. The van der Waals surface area contributed by atoms with Crippen molar-refractivity contribution in [2.24, 2.45) is 0 Å². The molecule has 1 aromatic carbocycles. The number of aromatic carboxylic acids is 2. The molecule has 0 aromatic heterocycles. The third-order valence-electron chi connectivity index (χ3n) is 3.90. The summed E-state index contributed by atoms with van der Waals surface area (Å²) < 4.78 is 10.0. The van der Waals surface area contributed by atoms with Crippen LogP contribution in [0, 0.1) is 0 Å². The number of hydrogen-bond acceptors (Lipinski definition) is 6. The normalized spacial score (nSPS) is 9.87. The number of carbonyl (C=O) groups excluding carboxylic acids is 2. The van der Waals surface area contributed by atoms with Crippen LogP contribution in [-0.2, 0) is 22.3 Å². The second kappa shape index (κ2) is 11.2. The average molecular weight is 414 g/mol. The fraction of sp³-hybridized carbons (Fsp3) is 0.182. The Balaban J connectivity index is 4.21. The molecule has 0 amide bonds. The van der Waals surface area contributed by atoms with Crippen molar-refractivity contribution in [3.05, 3.63) is 84.0 Å². The lowest BCUT2D eigenvalue weighted by atomic mass is 9.83. The molecule has 1 rings (SSSR count). The largest absolute Gasteiger partial charge is 0.478 e. The Morgan fingerprint density at radius 3 is 1.23 bits per heavy atom. The zero-order chi connectivity index (χ0) is 22.8. The lowest BCUT2D eigenvalue weighted by Crippen LogP contribution is -2.25. The monoisotopic (exact) mass is 414 g/mol. The minimum Gasteiger partial charge on any atom is -0.478 e. The van der Waals surface area contributed by atoms with Crippen molar-refractivity contribution in [3.63, 3.8) is 0 Å². The molecule has 0 heterocycles. The number of rotatable bonds is 12. The predicted molar refractivity (Wildman–Crippen MR) is 109 cm³/mol. The van der Waals surface area contributed by atoms with Gasteiger partial charge in [0.2, 0.25) is 0 Å². The van der Waals surface area contributed by atoms with Gasteiger partial charge < -0.3 is 19.7 Å². The summed E-state index contributed by atoms with van der Waals surface area (Å²) in [6.45, 7) is 13.4. The van der Waals surface area contributed by atoms with Crippen molar-refractivity contribution in [1.82, 2.24) is 0 Å². The highest BCUT2D eigenvalue weighted by Crippen LogP contribution is 2.32. The molecule has 0 unspecified atom stereocenters. The number of benzene rings is 1. The standard InChI is InChI=1S/C22H22O8/c1-5-9-13-15(19(23)24)17(21(27)29-11-7-3)14(10-6-2)18(16(13)20(25)26)22(28)30-12-8-4/h5-8H,1-4,9-12H2,(H,23,24)(H,25,26). The number of carboxylic acids is 2. The molecule has 8 nitrogen and oxygen atoms in total. The molecule has 0 spiro atoms. The zero-order valence-electron chi connectivity index (χ0n) is 16.3. The smallest absolute Gasteiger partial charge is 0.339 e. The fourth-order valence-electron chi connectivity index (χ4n) is 2.89. The van der Waals surface area contributed by atoms with Crippen LogP contribution in [0.3, 0.4) is 0 Å². The first-order valence-electron chi connectivity index (χ1n) is 8.72. The lowest BCUT2D eigenvalue weighted by Gasteiger charge is -2.21. The summed E-state index contributed by atoms with van der Waals surface area (Å²) in [4.78, 5) is 49.6. The SMILES string of the molecule is C=CCOC(=O)c1c(CC=C)c(C(=O)OCC=C)c(C(=O)O)c(CC=C)c1C(=O)O. The van der Waals surface area contributed by atoms with Crippen LogP contribution < -0.4 is 0 Å². The summed E-state index contributed by atoms with van der Waals surface area (Å²) in [6, 6.07) is 0. The quantitative estimate of drug-likeness (QED) is 0.394. The van der Waals surface area contributed by atoms with E-state index in [1.54, 1.807) is 0 Å². The van der Waals surface area contributed by atoms with E-state index in [0.29, 0.717) is 0 Å². The van der Waals surface area contributed by atoms with Gasteiger partial charge in [-0.1, -0.05) is 37.5 Å². The van der Waals surface area contributed by atoms with Gasteiger partial charge in [0.25, 0.3) is 0 Å². The minimum atomic E-state index is -1.56. The Morgan fingerprint density at radius 1 is 0.633 bits per heavy atom. The number of carbonyl (C=O) groups is 4. The second-order valence-electron chi connectivity index (χ2n) is 5.83. The Labute approximate surface area is 173 Å². The van der Waals surface area contributed by atoms with E-state index in [9.17, 15) is 29.4 Å². The molecule has 158 valence electrons. The first-order chi connectivity index (χ1) is 14.3. The average Bonchev–Trinajstić information content (AvgIpc) is 2.69. The maximum atomic E-state index is 12.7. The van der Waals surface area contributed by atoms with E-state index in [1.807, 2.05) is 0 Å². The van der Waals surface area contributed by atoms with Crippen LogP contribution in [0.4, 0.5) is 0 Å². The summed E-state index contributed by atoms with van der Waals surface area (Å²) >= 11 is 0. The second-order valence-corrected chi connectivity index (χ2v) is 5.83. The molecule has 0 atom stereocenters. The van der Waals surface area contributed by atoms with Crippen LogP contribution >= 0.6 is 0 Å². The van der Waals surface area contributed by atoms with Crippen molar-refractivity contribution >= 4 is 23.9 Å². The number of carboxylic acid groups (broad SMARTS) is 2. The van der Waals surface area contributed by atoms with Crippen LogP contribution in [0.15, 0.2) is 50.6 Å². The first kappa shape index (κ1) is 24.1. The number of hydrogen-bond donors (Lipinski definition) is 2. The molecule has 0 aliphatic rings. The third kappa shape index (κ3) is 5.11. The van der Waals surface area contributed by atoms with Crippen LogP contribution in [-0.4, -0.2) is 47.3 Å². The van der Waals surface area contributed by atoms with E-state index in [-0.39, 0.29) is 37.2 Å². The Morgan fingerprint density at radius 2 is 0.967 bits per heavy atom. The minimum absolute atomic E-state index is 0.171. The summed E-state index contributed by atoms with van der Waals surface area (Å²) in [6.07, 6.45) is 4.70. The number of allylic oxidation sites excluding steroid dienone is 2. The van der Waals surface area contributed by atoms with Gasteiger partial charge in [-0.15, -0.1) is 13.2 Å². The molecule has 0 aliphatic heterocycles. The highest BCUT2D eigenvalue weighted by atomic mass is 16.5. The molecule has 0 saturated carbocycles. The molecule has 8 heteroatoms. The zero-order valence-corrected chi connectivity index (χ0v) is 16.3. The molecular formula is C22H22O8. The van der Waals surface area contributed by atoms with E-state index >= 15 is 0 Å². The van der Waals surface area contributed by atoms with Gasteiger partial charge in [-0.05, 0) is 24.0 Å². The molecule has 30 heavy (non-hydrogen) atoms. The number of esters is 2. The van der Waals surface area contributed by atoms with E-state index in [0.717, 1.165) is 0 Å². The van der Waals surface area contributed by atoms with Crippen LogP contribution in [0.25, 0.3) is 0 Å². The van der Waals surface area contributed by atoms with E-state index in [2.05, 4.69) is 26.3 Å². The fourth-order valence-corrected chi connectivity index (χ4v) is 2.89. The molecule has 0 bridgehead atoms. The Bertz CT molecular complexity index is 861. The highest BCUT2D eigenvalue weighted by molar-refractivity contribution is 6.13. The third-order valence-corrected chi connectivity index (χ3v) is 3.90. The van der Waals surface area contributed by atoms with E-state index < -0.39 is 46.1 Å². The van der Waals surface area contributed by atoms with Crippen molar-refractivity contribution < 1.29 is 38.9 Å². The Kier molecular flexibility index (Phi) is 8.96. The van der Waals surface area contributed by atoms with Crippen molar-refractivity contribution in [1.29, 1.82) is 0 Å². The Hall–Kier alpha value is -3.94.